The summed E-state index contributed by atoms with van der Waals surface area (Å²) in [6.07, 6.45) is 0.296. The molecule has 1 fully saturated rings. The van der Waals surface area contributed by atoms with Gasteiger partial charge in [-0.15, -0.1) is 0 Å². The first-order chi connectivity index (χ1) is 8.43. The topological polar surface area (TPSA) is 83.6 Å². The summed E-state index contributed by atoms with van der Waals surface area (Å²) in [5.74, 6) is -0.742. The zero-order chi connectivity index (χ0) is 13.3. The van der Waals surface area contributed by atoms with E-state index < -0.39 is 21.9 Å². The number of nitrogen functional groups attached to an aromatic ring is 1. The van der Waals surface area contributed by atoms with Gasteiger partial charge in [-0.1, -0.05) is 6.07 Å². The van der Waals surface area contributed by atoms with Gasteiger partial charge in [0.05, 0.1) is 11.8 Å². The number of hydrogen-bond donors (Lipinski definition) is 2. The third kappa shape index (κ3) is 2.33. The van der Waals surface area contributed by atoms with E-state index in [1.807, 2.05) is 0 Å². The second-order valence-electron chi connectivity index (χ2n) is 4.29. The summed E-state index contributed by atoms with van der Waals surface area (Å²) < 4.78 is 39.0. The van der Waals surface area contributed by atoms with E-state index in [1.54, 1.807) is 0 Å². The molecule has 7 heteroatoms. The molecule has 3 N–H and O–H groups in total. The van der Waals surface area contributed by atoms with E-state index in [2.05, 4.69) is 0 Å². The zero-order valence-electron chi connectivity index (χ0n) is 9.71. The number of sulfonamides is 1. The van der Waals surface area contributed by atoms with Gasteiger partial charge >= 0.3 is 0 Å². The largest absolute Gasteiger partial charge is 0.395 e. The maximum absolute atomic E-state index is 13.3. The lowest BCUT2D eigenvalue weighted by molar-refractivity contribution is 0.113. The first-order valence-electron chi connectivity index (χ1n) is 5.65. The Morgan fingerprint density at radius 1 is 1.33 bits per heavy atom. The van der Waals surface area contributed by atoms with Crippen molar-refractivity contribution in [2.75, 3.05) is 18.8 Å². The Morgan fingerprint density at radius 3 is 2.56 bits per heavy atom. The minimum atomic E-state index is -3.78. The molecule has 1 heterocycles. The molecule has 0 unspecified atom stereocenters. The molecule has 0 atom stereocenters. The van der Waals surface area contributed by atoms with Crippen molar-refractivity contribution in [3.05, 3.63) is 24.0 Å². The predicted octanol–water partition coefficient (Wildman–Crippen LogP) is 0.553. The number of piperidine rings is 1. The minimum Gasteiger partial charge on any atom is -0.395 e. The van der Waals surface area contributed by atoms with Gasteiger partial charge in [0.1, 0.15) is 10.7 Å². The molecule has 0 aromatic heterocycles. The van der Waals surface area contributed by atoms with Gasteiger partial charge < -0.3 is 10.8 Å². The van der Waals surface area contributed by atoms with Crippen LogP contribution in [-0.4, -0.2) is 37.0 Å². The number of para-hydroxylation sites is 1. The van der Waals surface area contributed by atoms with Crippen molar-refractivity contribution in [3.8, 4) is 0 Å². The van der Waals surface area contributed by atoms with E-state index in [1.165, 1.54) is 16.4 Å². The summed E-state index contributed by atoms with van der Waals surface area (Å²) in [6.45, 7) is 0.443. The lowest BCUT2D eigenvalue weighted by Gasteiger charge is -2.29. The molecule has 0 aliphatic carbocycles. The number of nitrogens with zero attached hydrogens (tertiary/aromatic N) is 1. The average molecular weight is 274 g/mol. The summed E-state index contributed by atoms with van der Waals surface area (Å²) in [7, 11) is -3.78. The number of benzene rings is 1. The molecule has 0 saturated carbocycles. The molecule has 1 aromatic carbocycles. The highest BCUT2D eigenvalue weighted by Gasteiger charge is 2.30. The predicted molar refractivity (Wildman–Crippen MR) is 64.8 cm³/mol. The van der Waals surface area contributed by atoms with Crippen LogP contribution in [0.4, 0.5) is 10.1 Å². The molecule has 1 aliphatic heterocycles. The summed E-state index contributed by atoms with van der Waals surface area (Å²) in [6, 6.07) is 3.73. The molecular formula is C11H15FN2O3S. The van der Waals surface area contributed by atoms with Crippen LogP contribution in [0.15, 0.2) is 23.1 Å². The van der Waals surface area contributed by atoms with Crippen LogP contribution in [0.3, 0.4) is 0 Å². The molecule has 2 rings (SSSR count). The minimum absolute atomic E-state index is 0.209. The molecular weight excluding hydrogens is 259 g/mol. The van der Waals surface area contributed by atoms with Crippen LogP contribution in [0.25, 0.3) is 0 Å². The molecule has 1 saturated heterocycles. The molecule has 0 amide bonds. The molecule has 1 aliphatic rings. The third-order valence-corrected chi connectivity index (χ3v) is 5.01. The summed E-state index contributed by atoms with van der Waals surface area (Å²) >= 11 is 0. The number of aliphatic hydroxyl groups is 1. The van der Waals surface area contributed by atoms with E-state index in [4.69, 9.17) is 5.73 Å². The Hall–Kier alpha value is -1.18. The lowest BCUT2D eigenvalue weighted by atomic mass is 10.1. The quantitative estimate of drug-likeness (QED) is 0.772. The molecule has 0 spiro atoms. The number of halogens is 1. The Morgan fingerprint density at radius 2 is 1.94 bits per heavy atom. The van der Waals surface area contributed by atoms with Gasteiger partial charge in [0.25, 0.3) is 0 Å². The van der Waals surface area contributed by atoms with E-state index in [-0.39, 0.29) is 23.7 Å². The van der Waals surface area contributed by atoms with Crippen molar-refractivity contribution in [3.63, 3.8) is 0 Å². The fourth-order valence-corrected chi connectivity index (χ4v) is 3.56. The molecule has 1 aromatic rings. The van der Waals surface area contributed by atoms with Crippen LogP contribution in [0.1, 0.15) is 12.8 Å². The van der Waals surface area contributed by atoms with Gasteiger partial charge in [-0.25, -0.2) is 12.8 Å². The lowest BCUT2D eigenvalue weighted by Crippen LogP contribution is -2.40. The Labute approximate surface area is 105 Å². The van der Waals surface area contributed by atoms with Gasteiger partial charge in [0.15, 0.2) is 0 Å². The Bertz CT molecular complexity index is 539. The van der Waals surface area contributed by atoms with Crippen molar-refractivity contribution in [2.45, 2.75) is 23.8 Å². The Balaban J connectivity index is 2.34. The van der Waals surface area contributed by atoms with Crippen LogP contribution >= 0.6 is 0 Å². The molecule has 5 nitrogen and oxygen atoms in total. The fraction of sp³-hybridized carbons (Fsp3) is 0.455. The van der Waals surface area contributed by atoms with E-state index >= 15 is 0 Å². The van der Waals surface area contributed by atoms with Crippen LogP contribution in [0.2, 0.25) is 0 Å². The van der Waals surface area contributed by atoms with Crippen molar-refractivity contribution in [2.24, 2.45) is 0 Å². The van der Waals surface area contributed by atoms with E-state index in [0.29, 0.717) is 12.8 Å². The summed E-state index contributed by atoms with van der Waals surface area (Å²) in [4.78, 5) is -0.209. The molecule has 18 heavy (non-hydrogen) atoms. The van der Waals surface area contributed by atoms with Gasteiger partial charge in [-0.3, -0.25) is 0 Å². The number of rotatable bonds is 2. The highest BCUT2D eigenvalue weighted by atomic mass is 32.2. The van der Waals surface area contributed by atoms with Crippen LogP contribution < -0.4 is 5.73 Å². The molecule has 0 bridgehead atoms. The maximum Gasteiger partial charge on any atom is 0.245 e. The van der Waals surface area contributed by atoms with Gasteiger partial charge in [0.2, 0.25) is 10.0 Å². The SMILES string of the molecule is Nc1c(F)cccc1S(=O)(=O)N1CCC(O)CC1. The third-order valence-electron chi connectivity index (χ3n) is 3.05. The van der Waals surface area contributed by atoms with Crippen LogP contribution in [0.5, 0.6) is 0 Å². The standard InChI is InChI=1S/C11H15FN2O3S/c12-9-2-1-3-10(11(9)13)18(16,17)14-6-4-8(15)5-7-14/h1-3,8,15H,4-7,13H2. The van der Waals surface area contributed by atoms with Gasteiger partial charge in [-0.05, 0) is 25.0 Å². The number of aliphatic hydroxyl groups excluding tert-OH is 1. The van der Waals surface area contributed by atoms with Crippen LogP contribution in [0, 0.1) is 5.82 Å². The zero-order valence-corrected chi connectivity index (χ0v) is 10.5. The van der Waals surface area contributed by atoms with Crippen molar-refractivity contribution in [1.29, 1.82) is 0 Å². The fourth-order valence-electron chi connectivity index (χ4n) is 1.96. The van der Waals surface area contributed by atoms with Crippen molar-refractivity contribution < 1.29 is 17.9 Å². The van der Waals surface area contributed by atoms with Crippen molar-refractivity contribution in [1.82, 2.24) is 4.31 Å². The first kappa shape index (κ1) is 13.3. The highest BCUT2D eigenvalue weighted by Crippen LogP contribution is 2.26. The second kappa shape index (κ2) is 4.83. The number of anilines is 1. The average Bonchev–Trinajstić information content (AvgIpc) is 2.33. The monoisotopic (exact) mass is 274 g/mol. The molecule has 0 radical (unpaired) electrons. The normalized spacial score (nSPS) is 19.0. The maximum atomic E-state index is 13.3. The van der Waals surface area contributed by atoms with Gasteiger partial charge in [0, 0.05) is 13.1 Å². The molecule has 100 valence electrons. The summed E-state index contributed by atoms with van der Waals surface area (Å²) in [5, 5.41) is 9.36. The summed E-state index contributed by atoms with van der Waals surface area (Å²) in [5.41, 5.74) is 5.11. The van der Waals surface area contributed by atoms with E-state index in [9.17, 15) is 17.9 Å². The smallest absolute Gasteiger partial charge is 0.245 e. The second-order valence-corrected chi connectivity index (χ2v) is 6.19. The first-order valence-corrected chi connectivity index (χ1v) is 7.09. The Kier molecular flexibility index (Phi) is 3.56. The highest BCUT2D eigenvalue weighted by molar-refractivity contribution is 7.89. The number of nitrogens with two attached hydrogens (primary N) is 1. The van der Waals surface area contributed by atoms with Gasteiger partial charge in [-0.2, -0.15) is 4.31 Å². The van der Waals surface area contributed by atoms with Crippen molar-refractivity contribution >= 4 is 15.7 Å². The number of hydrogen-bond acceptors (Lipinski definition) is 4. The van der Waals surface area contributed by atoms with E-state index in [0.717, 1.165) is 6.07 Å². The van der Waals surface area contributed by atoms with Crippen LogP contribution in [-0.2, 0) is 10.0 Å².